The Bertz CT molecular complexity index is 363. The number of carboxylic acid groups (broad SMARTS) is 1. The number of hydrogen-bond acceptors (Lipinski definition) is 6. The fourth-order valence-electron chi connectivity index (χ4n) is 2.83. The summed E-state index contributed by atoms with van der Waals surface area (Å²) in [5, 5.41) is 37.5. The van der Waals surface area contributed by atoms with Gasteiger partial charge in [-0.15, -0.1) is 0 Å². The second-order valence-electron chi connectivity index (χ2n) is 6.77. The Morgan fingerprint density at radius 1 is 1.17 bits per heavy atom. The van der Waals surface area contributed by atoms with E-state index in [9.17, 15) is 20.1 Å². The Kier molecular flexibility index (Phi) is 9.76. The average molecular weight is 348 g/mol. The lowest BCUT2D eigenvalue weighted by Crippen LogP contribution is -2.48. The molecule has 24 heavy (non-hydrogen) atoms. The molecule has 7 nitrogen and oxygen atoms in total. The van der Waals surface area contributed by atoms with Gasteiger partial charge in [-0.25, -0.2) is 0 Å². The molecule has 1 rings (SSSR count). The molecule has 0 radical (unpaired) electrons. The number of hydrogen-bond donors (Lipinski definition) is 4. The van der Waals surface area contributed by atoms with Crippen LogP contribution in [0.15, 0.2) is 0 Å². The van der Waals surface area contributed by atoms with Crippen molar-refractivity contribution in [3.63, 3.8) is 0 Å². The van der Waals surface area contributed by atoms with Crippen LogP contribution in [0.25, 0.3) is 0 Å². The number of ether oxygens (including phenoxy) is 2. The molecule has 0 unspecified atom stereocenters. The van der Waals surface area contributed by atoms with Crippen LogP contribution < -0.4 is 0 Å². The van der Waals surface area contributed by atoms with Gasteiger partial charge in [0.05, 0.1) is 30.8 Å². The molecule has 0 aliphatic carbocycles. The summed E-state index contributed by atoms with van der Waals surface area (Å²) in [6, 6.07) is 0. The Labute approximate surface area is 143 Å². The third-order valence-electron chi connectivity index (χ3n) is 4.36. The lowest BCUT2D eigenvalue weighted by atomic mass is 10.0. The first-order valence-electron chi connectivity index (χ1n) is 8.86. The van der Waals surface area contributed by atoms with E-state index in [4.69, 9.17) is 14.6 Å². The fourth-order valence-corrected chi connectivity index (χ4v) is 2.83. The molecule has 1 saturated heterocycles. The average Bonchev–Trinajstić information content (AvgIpc) is 2.47. The maximum absolute atomic E-state index is 10.4. The van der Waals surface area contributed by atoms with Crippen LogP contribution in [0.4, 0.5) is 0 Å². The number of aliphatic hydroxyl groups is 3. The minimum absolute atomic E-state index is 0.0512. The van der Waals surface area contributed by atoms with E-state index < -0.39 is 30.6 Å². The van der Waals surface area contributed by atoms with Crippen molar-refractivity contribution in [2.75, 3.05) is 0 Å². The first-order chi connectivity index (χ1) is 11.3. The molecule has 0 amide bonds. The van der Waals surface area contributed by atoms with Gasteiger partial charge in [0.15, 0.2) is 6.29 Å². The van der Waals surface area contributed by atoms with Gasteiger partial charge in [0.25, 0.3) is 0 Å². The van der Waals surface area contributed by atoms with E-state index in [1.165, 1.54) is 0 Å². The number of rotatable bonds is 11. The predicted molar refractivity (Wildman–Crippen MR) is 87.5 cm³/mol. The van der Waals surface area contributed by atoms with Crippen LogP contribution in [0.1, 0.15) is 65.2 Å². The van der Waals surface area contributed by atoms with Crippen molar-refractivity contribution in [2.24, 2.45) is 0 Å². The summed E-state index contributed by atoms with van der Waals surface area (Å²) in [7, 11) is 0. The molecular weight excluding hydrogens is 316 g/mol. The highest BCUT2D eigenvalue weighted by Gasteiger charge is 2.35. The number of unbranched alkanes of at least 4 members (excludes halogenated alkanes) is 3. The monoisotopic (exact) mass is 348 g/mol. The molecule has 0 aromatic carbocycles. The van der Waals surface area contributed by atoms with Crippen LogP contribution >= 0.6 is 0 Å². The number of carbonyl (C=O) groups is 1. The number of aliphatic carboxylic acids is 1. The van der Waals surface area contributed by atoms with Gasteiger partial charge in [0.1, 0.15) is 6.10 Å². The smallest absolute Gasteiger partial charge is 0.305 e. The minimum atomic E-state index is -0.970. The first-order valence-corrected chi connectivity index (χ1v) is 8.86. The minimum Gasteiger partial charge on any atom is -0.481 e. The Morgan fingerprint density at radius 2 is 1.79 bits per heavy atom. The zero-order valence-corrected chi connectivity index (χ0v) is 14.6. The van der Waals surface area contributed by atoms with Crippen LogP contribution in [-0.4, -0.2) is 63.2 Å². The lowest BCUT2D eigenvalue weighted by molar-refractivity contribution is -0.273. The SMILES string of the molecule is C[C@H](CCCCCC[C@@H](O)CC(=O)O)O[C@@H]1O[C@@H](C)[C@H](O)C[C@H]1O. The quantitative estimate of drug-likeness (QED) is 0.417. The molecule has 0 bridgehead atoms. The van der Waals surface area contributed by atoms with Crippen LogP contribution in [0.2, 0.25) is 0 Å². The molecule has 1 aliphatic heterocycles. The molecule has 142 valence electrons. The van der Waals surface area contributed by atoms with E-state index in [2.05, 4.69) is 0 Å². The summed E-state index contributed by atoms with van der Waals surface area (Å²) in [4.78, 5) is 10.4. The highest BCUT2D eigenvalue weighted by molar-refractivity contribution is 5.67. The third kappa shape index (κ3) is 8.39. The van der Waals surface area contributed by atoms with E-state index in [0.29, 0.717) is 6.42 Å². The van der Waals surface area contributed by atoms with Crippen LogP contribution in [-0.2, 0) is 14.3 Å². The molecule has 6 atom stereocenters. The van der Waals surface area contributed by atoms with Gasteiger partial charge < -0.3 is 29.9 Å². The molecule has 0 aromatic rings. The van der Waals surface area contributed by atoms with Gasteiger partial charge in [-0.1, -0.05) is 25.7 Å². The van der Waals surface area contributed by atoms with Gasteiger partial charge in [-0.05, 0) is 26.7 Å². The van der Waals surface area contributed by atoms with Crippen LogP contribution in [0.3, 0.4) is 0 Å². The van der Waals surface area contributed by atoms with Crippen molar-refractivity contribution in [1.29, 1.82) is 0 Å². The third-order valence-corrected chi connectivity index (χ3v) is 4.36. The Hall–Kier alpha value is -0.730. The van der Waals surface area contributed by atoms with Crippen molar-refractivity contribution in [2.45, 2.75) is 102 Å². The molecule has 0 aromatic heterocycles. The van der Waals surface area contributed by atoms with Gasteiger partial charge in [0.2, 0.25) is 0 Å². The van der Waals surface area contributed by atoms with Crippen LogP contribution in [0.5, 0.6) is 0 Å². The second kappa shape index (κ2) is 11.0. The fraction of sp³-hybridized carbons (Fsp3) is 0.941. The zero-order chi connectivity index (χ0) is 18.1. The van der Waals surface area contributed by atoms with Gasteiger partial charge in [-0.3, -0.25) is 4.79 Å². The highest BCUT2D eigenvalue weighted by Crippen LogP contribution is 2.23. The molecule has 1 fully saturated rings. The molecular formula is C17H32O7. The van der Waals surface area contributed by atoms with Crippen molar-refractivity contribution in [3.8, 4) is 0 Å². The summed E-state index contributed by atoms with van der Waals surface area (Å²) in [5.74, 6) is -0.970. The van der Waals surface area contributed by atoms with Gasteiger partial charge in [-0.2, -0.15) is 0 Å². The maximum atomic E-state index is 10.4. The normalized spacial score (nSPS) is 30.0. The first kappa shape index (κ1) is 21.3. The van der Waals surface area contributed by atoms with Crippen molar-refractivity contribution in [1.82, 2.24) is 0 Å². The molecule has 4 N–H and O–H groups in total. The summed E-state index contributed by atoms with van der Waals surface area (Å²) >= 11 is 0. The van der Waals surface area contributed by atoms with E-state index >= 15 is 0 Å². The summed E-state index contributed by atoms with van der Waals surface area (Å²) < 4.78 is 11.2. The number of aliphatic hydroxyl groups excluding tert-OH is 3. The highest BCUT2D eigenvalue weighted by atomic mass is 16.7. The molecule has 7 heteroatoms. The van der Waals surface area contributed by atoms with E-state index in [1.807, 2.05) is 6.92 Å². The van der Waals surface area contributed by atoms with Crippen molar-refractivity contribution in [3.05, 3.63) is 0 Å². The summed E-state index contributed by atoms with van der Waals surface area (Å²) in [6.07, 6.45) is 1.79. The maximum Gasteiger partial charge on any atom is 0.305 e. The van der Waals surface area contributed by atoms with Crippen molar-refractivity contribution < 1.29 is 34.7 Å². The summed E-state index contributed by atoms with van der Waals surface area (Å²) in [5.41, 5.74) is 0. The lowest BCUT2D eigenvalue weighted by Gasteiger charge is -2.36. The van der Waals surface area contributed by atoms with E-state index in [-0.39, 0.29) is 25.0 Å². The standard InChI is InChI=1S/C17H32O7/c1-11(23-17-15(20)10-14(19)12(2)24-17)7-5-3-4-6-8-13(18)9-16(21)22/h11-15,17-20H,3-10H2,1-2H3,(H,21,22)/t11-,12+,13-,14-,15-,17-/m1/s1. The second-order valence-corrected chi connectivity index (χ2v) is 6.77. The topological polar surface area (TPSA) is 116 Å². The van der Waals surface area contributed by atoms with E-state index in [0.717, 1.165) is 32.1 Å². The van der Waals surface area contributed by atoms with Crippen LogP contribution in [0, 0.1) is 0 Å². The van der Waals surface area contributed by atoms with E-state index in [1.54, 1.807) is 6.92 Å². The molecule has 0 spiro atoms. The summed E-state index contributed by atoms with van der Waals surface area (Å²) in [6.45, 7) is 3.69. The molecule has 0 saturated carbocycles. The number of carboxylic acids is 1. The Balaban J connectivity index is 2.07. The van der Waals surface area contributed by atoms with Crippen molar-refractivity contribution >= 4 is 5.97 Å². The zero-order valence-electron chi connectivity index (χ0n) is 14.6. The van der Waals surface area contributed by atoms with Gasteiger partial charge >= 0.3 is 5.97 Å². The molecule has 1 heterocycles. The van der Waals surface area contributed by atoms with Gasteiger partial charge in [0, 0.05) is 6.42 Å². The predicted octanol–water partition coefficient (Wildman–Crippen LogP) is 1.42. The molecule has 1 aliphatic rings. The largest absolute Gasteiger partial charge is 0.481 e. The Morgan fingerprint density at radius 3 is 2.42 bits per heavy atom.